The summed E-state index contributed by atoms with van der Waals surface area (Å²) in [6.07, 6.45) is 5.57. The number of nitrogens with one attached hydrogen (secondary N) is 2. The first-order chi connectivity index (χ1) is 14.9. The van der Waals surface area contributed by atoms with Crippen molar-refractivity contribution in [2.24, 2.45) is 0 Å². The second kappa shape index (κ2) is 12.5. The summed E-state index contributed by atoms with van der Waals surface area (Å²) < 4.78 is 33.7. The Morgan fingerprint density at radius 1 is 0.968 bits per heavy atom. The van der Waals surface area contributed by atoms with Gasteiger partial charge in [0.05, 0.1) is 18.0 Å². The second-order valence-electron chi connectivity index (χ2n) is 7.73. The van der Waals surface area contributed by atoms with Gasteiger partial charge in [-0.3, -0.25) is 4.79 Å². The van der Waals surface area contributed by atoms with E-state index in [9.17, 15) is 13.2 Å². The van der Waals surface area contributed by atoms with E-state index >= 15 is 0 Å². The Bertz CT molecular complexity index is 910. The van der Waals surface area contributed by atoms with Gasteiger partial charge in [0.25, 0.3) is 0 Å². The van der Waals surface area contributed by atoms with E-state index in [4.69, 9.17) is 4.74 Å². The Morgan fingerprint density at radius 3 is 2.23 bits per heavy atom. The van der Waals surface area contributed by atoms with Crippen LogP contribution >= 0.6 is 0 Å². The summed E-state index contributed by atoms with van der Waals surface area (Å²) in [6, 6.07) is 13.0. The topological polar surface area (TPSA) is 84.5 Å². The molecule has 2 rings (SSSR count). The first-order valence-electron chi connectivity index (χ1n) is 10.9. The van der Waals surface area contributed by atoms with Crippen molar-refractivity contribution < 1.29 is 17.9 Å². The van der Waals surface area contributed by atoms with Crippen LogP contribution in [0.2, 0.25) is 0 Å². The zero-order valence-electron chi connectivity index (χ0n) is 18.7. The van der Waals surface area contributed by atoms with Crippen LogP contribution in [0.3, 0.4) is 0 Å². The van der Waals surface area contributed by atoms with E-state index in [0.717, 1.165) is 24.8 Å². The summed E-state index contributed by atoms with van der Waals surface area (Å²) in [5.74, 6) is 0.489. The smallest absolute Gasteiger partial charge is 0.241 e. The lowest BCUT2D eigenvalue weighted by Gasteiger charge is -2.19. The molecule has 0 radical (unpaired) electrons. The number of sulfonamides is 1. The number of carbonyl (C=O) groups excluding carboxylic acids is 1. The molecule has 0 heterocycles. The Morgan fingerprint density at radius 2 is 1.61 bits per heavy atom. The SMILES string of the molecule is CCCCCCCNC(=O)C[C@@H](NS(=O)(=O)c1ccc(C)cc1)c1ccc(OC)cc1. The molecule has 1 atom stereocenters. The fourth-order valence-electron chi connectivity index (χ4n) is 3.25. The maximum Gasteiger partial charge on any atom is 0.241 e. The number of ether oxygens (including phenoxy) is 1. The van der Waals surface area contributed by atoms with Crippen molar-refractivity contribution >= 4 is 15.9 Å². The largest absolute Gasteiger partial charge is 0.497 e. The molecule has 2 N–H and O–H groups in total. The lowest BCUT2D eigenvalue weighted by atomic mass is 10.0. The molecule has 0 aliphatic carbocycles. The molecule has 7 heteroatoms. The maximum atomic E-state index is 12.9. The van der Waals surface area contributed by atoms with E-state index < -0.39 is 16.1 Å². The molecule has 31 heavy (non-hydrogen) atoms. The molecule has 0 saturated carbocycles. The van der Waals surface area contributed by atoms with Crippen molar-refractivity contribution in [2.75, 3.05) is 13.7 Å². The highest BCUT2D eigenvalue weighted by Crippen LogP contribution is 2.23. The fraction of sp³-hybridized carbons (Fsp3) is 0.458. The molecule has 2 aromatic rings. The molecular weight excluding hydrogens is 412 g/mol. The maximum absolute atomic E-state index is 12.9. The molecule has 0 bridgehead atoms. The van der Waals surface area contributed by atoms with Gasteiger partial charge in [-0.15, -0.1) is 0 Å². The van der Waals surface area contributed by atoms with Crippen LogP contribution in [-0.4, -0.2) is 28.0 Å². The molecule has 0 aromatic heterocycles. The minimum Gasteiger partial charge on any atom is -0.497 e. The van der Waals surface area contributed by atoms with Gasteiger partial charge in [-0.05, 0) is 43.2 Å². The summed E-state index contributed by atoms with van der Waals surface area (Å²) in [4.78, 5) is 12.7. The quantitative estimate of drug-likeness (QED) is 0.444. The van der Waals surface area contributed by atoms with Crippen LogP contribution in [0.15, 0.2) is 53.4 Å². The third-order valence-electron chi connectivity index (χ3n) is 5.14. The van der Waals surface area contributed by atoms with Crippen LogP contribution in [0.5, 0.6) is 5.75 Å². The van der Waals surface area contributed by atoms with Gasteiger partial charge in [0.2, 0.25) is 15.9 Å². The summed E-state index contributed by atoms with van der Waals surface area (Å²) >= 11 is 0. The van der Waals surface area contributed by atoms with Gasteiger partial charge in [0, 0.05) is 13.0 Å². The first kappa shape index (κ1) is 24.9. The number of methoxy groups -OCH3 is 1. The lowest BCUT2D eigenvalue weighted by Crippen LogP contribution is -2.34. The van der Waals surface area contributed by atoms with Gasteiger partial charge in [-0.25, -0.2) is 13.1 Å². The highest BCUT2D eigenvalue weighted by Gasteiger charge is 2.24. The predicted octanol–water partition coefficient (Wildman–Crippen LogP) is 4.50. The predicted molar refractivity (Wildman–Crippen MR) is 124 cm³/mol. The molecule has 170 valence electrons. The normalized spacial score (nSPS) is 12.4. The third-order valence-corrected chi connectivity index (χ3v) is 6.63. The molecule has 6 nitrogen and oxygen atoms in total. The number of carbonyl (C=O) groups is 1. The third kappa shape index (κ3) is 8.34. The van der Waals surface area contributed by atoms with Crippen molar-refractivity contribution in [2.45, 2.75) is 63.3 Å². The Labute approximate surface area is 186 Å². The molecule has 1 amide bonds. The fourth-order valence-corrected chi connectivity index (χ4v) is 4.47. The molecule has 0 aliphatic heterocycles. The van der Waals surface area contributed by atoms with Gasteiger partial charge >= 0.3 is 0 Å². The zero-order valence-corrected chi connectivity index (χ0v) is 19.5. The van der Waals surface area contributed by atoms with E-state index in [-0.39, 0.29) is 17.2 Å². The molecule has 0 spiro atoms. The van der Waals surface area contributed by atoms with Crippen molar-refractivity contribution in [1.29, 1.82) is 0 Å². The summed E-state index contributed by atoms with van der Waals surface area (Å²) in [6.45, 7) is 4.66. The molecule has 0 unspecified atom stereocenters. The van der Waals surface area contributed by atoms with E-state index in [0.29, 0.717) is 17.9 Å². The second-order valence-corrected chi connectivity index (χ2v) is 9.44. The van der Waals surface area contributed by atoms with Crippen LogP contribution in [0, 0.1) is 6.92 Å². The molecule has 0 fully saturated rings. The van der Waals surface area contributed by atoms with E-state index in [1.165, 1.54) is 12.8 Å². The lowest BCUT2D eigenvalue weighted by molar-refractivity contribution is -0.121. The number of amides is 1. The minimum absolute atomic E-state index is 0.0202. The molecule has 0 aliphatic rings. The van der Waals surface area contributed by atoms with Crippen LogP contribution < -0.4 is 14.8 Å². The standard InChI is InChI=1S/C24H34N2O4S/c1-4-5-6-7-8-17-25-24(27)18-23(20-11-13-21(30-3)14-12-20)26-31(28,29)22-15-9-19(2)10-16-22/h9-16,23,26H,4-8,17-18H2,1-3H3,(H,25,27)/t23-/m1/s1. The average Bonchev–Trinajstić information content (AvgIpc) is 2.76. The Kier molecular flexibility index (Phi) is 10.0. The van der Waals surface area contributed by atoms with Crippen LogP contribution in [0.1, 0.15) is 62.6 Å². The number of unbranched alkanes of at least 4 members (excludes halogenated alkanes) is 4. The monoisotopic (exact) mass is 446 g/mol. The van der Waals surface area contributed by atoms with Gasteiger partial charge in [0.15, 0.2) is 0 Å². The van der Waals surface area contributed by atoms with E-state index in [1.807, 2.05) is 6.92 Å². The zero-order chi connectivity index (χ0) is 22.7. The number of hydrogen-bond donors (Lipinski definition) is 2. The van der Waals surface area contributed by atoms with E-state index in [1.54, 1.807) is 55.6 Å². The minimum atomic E-state index is -3.78. The first-order valence-corrected chi connectivity index (χ1v) is 12.3. The van der Waals surface area contributed by atoms with Gasteiger partial charge in [-0.1, -0.05) is 62.4 Å². The average molecular weight is 447 g/mol. The van der Waals surface area contributed by atoms with Crippen molar-refractivity contribution in [1.82, 2.24) is 10.0 Å². The van der Waals surface area contributed by atoms with Crippen LogP contribution in [-0.2, 0) is 14.8 Å². The molecule has 2 aromatic carbocycles. The number of hydrogen-bond acceptors (Lipinski definition) is 4. The van der Waals surface area contributed by atoms with Crippen LogP contribution in [0.4, 0.5) is 0 Å². The van der Waals surface area contributed by atoms with Gasteiger partial charge in [-0.2, -0.15) is 0 Å². The number of benzene rings is 2. The summed E-state index contributed by atoms with van der Waals surface area (Å²) in [7, 11) is -2.21. The van der Waals surface area contributed by atoms with E-state index in [2.05, 4.69) is 17.0 Å². The van der Waals surface area contributed by atoms with Gasteiger partial charge < -0.3 is 10.1 Å². The van der Waals surface area contributed by atoms with Crippen molar-refractivity contribution in [3.05, 3.63) is 59.7 Å². The summed E-state index contributed by atoms with van der Waals surface area (Å²) in [5.41, 5.74) is 1.68. The number of aryl methyl sites for hydroxylation is 1. The molecular formula is C24H34N2O4S. The highest BCUT2D eigenvalue weighted by molar-refractivity contribution is 7.89. The number of rotatable bonds is 13. The molecule has 0 saturated heterocycles. The van der Waals surface area contributed by atoms with Crippen molar-refractivity contribution in [3.63, 3.8) is 0 Å². The van der Waals surface area contributed by atoms with Gasteiger partial charge in [0.1, 0.15) is 5.75 Å². The summed E-state index contributed by atoms with van der Waals surface area (Å²) in [5, 5.41) is 2.92. The Balaban J connectivity index is 2.09. The highest BCUT2D eigenvalue weighted by atomic mass is 32.2. The van der Waals surface area contributed by atoms with Crippen LogP contribution in [0.25, 0.3) is 0 Å². The Hall–Kier alpha value is -2.38. The van der Waals surface area contributed by atoms with Crippen molar-refractivity contribution in [3.8, 4) is 5.75 Å².